The summed E-state index contributed by atoms with van der Waals surface area (Å²) in [6.07, 6.45) is 5.72. The van der Waals surface area contributed by atoms with Crippen molar-refractivity contribution < 1.29 is 19.1 Å². The van der Waals surface area contributed by atoms with Crippen LogP contribution in [0.5, 0.6) is 5.75 Å². The van der Waals surface area contributed by atoms with Crippen LogP contribution in [0.2, 0.25) is 0 Å². The number of para-hydroxylation sites is 1. The number of phenols is 1. The van der Waals surface area contributed by atoms with Gasteiger partial charge in [-0.15, -0.1) is 0 Å². The van der Waals surface area contributed by atoms with Gasteiger partial charge in [0.15, 0.2) is 11.6 Å². The predicted molar refractivity (Wildman–Crippen MR) is 114 cm³/mol. The van der Waals surface area contributed by atoms with E-state index in [-0.39, 0.29) is 23.5 Å². The molecular weight excluding hydrogens is 399 g/mol. The van der Waals surface area contributed by atoms with Crippen LogP contribution in [0.4, 0.5) is 4.39 Å². The van der Waals surface area contributed by atoms with Crippen LogP contribution in [0, 0.1) is 11.7 Å². The van der Waals surface area contributed by atoms with Crippen molar-refractivity contribution in [1.29, 1.82) is 0 Å². The van der Waals surface area contributed by atoms with Crippen LogP contribution in [0.3, 0.4) is 0 Å². The normalized spacial score (nSPS) is 18.6. The molecule has 0 radical (unpaired) electrons. The number of benzene rings is 1. The number of phenolic OH excluding ortho intramolecular Hbond substituents is 1. The summed E-state index contributed by atoms with van der Waals surface area (Å²) >= 11 is 0. The zero-order chi connectivity index (χ0) is 22.1. The molecule has 1 aromatic carbocycles. The average Bonchev–Trinajstić information content (AvgIpc) is 2.81. The molecule has 2 amide bonds. The first kappa shape index (κ1) is 22.7. The lowest BCUT2D eigenvalue weighted by Gasteiger charge is -2.23. The zero-order valence-corrected chi connectivity index (χ0v) is 17.5. The summed E-state index contributed by atoms with van der Waals surface area (Å²) in [6, 6.07) is 8.18. The van der Waals surface area contributed by atoms with Crippen molar-refractivity contribution in [2.45, 2.75) is 38.8 Å². The molecule has 2 heterocycles. The molecule has 1 aliphatic heterocycles. The van der Waals surface area contributed by atoms with Crippen LogP contribution < -0.4 is 10.6 Å². The highest BCUT2D eigenvalue weighted by molar-refractivity contribution is 5.79. The zero-order valence-electron chi connectivity index (χ0n) is 17.5. The minimum atomic E-state index is -0.654. The highest BCUT2D eigenvalue weighted by Crippen LogP contribution is 2.23. The summed E-state index contributed by atoms with van der Waals surface area (Å²) in [5.74, 6) is -1.32. The number of carbonyl (C=O) groups is 2. The van der Waals surface area contributed by atoms with E-state index in [4.69, 9.17) is 0 Å². The molecule has 1 unspecified atom stereocenters. The fourth-order valence-corrected chi connectivity index (χ4v) is 3.73. The lowest BCUT2D eigenvalue weighted by molar-refractivity contribution is -0.126. The molecule has 8 heteroatoms. The number of amides is 2. The minimum Gasteiger partial charge on any atom is -0.505 e. The monoisotopic (exact) mass is 428 g/mol. The van der Waals surface area contributed by atoms with Gasteiger partial charge in [-0.2, -0.15) is 0 Å². The van der Waals surface area contributed by atoms with Gasteiger partial charge in [0.25, 0.3) is 0 Å². The second-order valence-electron chi connectivity index (χ2n) is 7.82. The van der Waals surface area contributed by atoms with Gasteiger partial charge in [0.2, 0.25) is 11.8 Å². The van der Waals surface area contributed by atoms with Crippen molar-refractivity contribution in [3.8, 4) is 5.75 Å². The number of hydrogen-bond donors (Lipinski definition) is 3. The topological polar surface area (TPSA) is 94.6 Å². The lowest BCUT2D eigenvalue weighted by Crippen LogP contribution is -2.33. The van der Waals surface area contributed by atoms with Crippen molar-refractivity contribution in [2.24, 2.45) is 5.92 Å². The Morgan fingerprint density at radius 2 is 2.03 bits per heavy atom. The van der Waals surface area contributed by atoms with E-state index in [1.165, 1.54) is 6.07 Å². The molecule has 31 heavy (non-hydrogen) atoms. The van der Waals surface area contributed by atoms with E-state index in [1.807, 2.05) is 17.0 Å². The van der Waals surface area contributed by atoms with Crippen LogP contribution in [0.15, 0.2) is 42.7 Å². The van der Waals surface area contributed by atoms with Crippen LogP contribution in [0.25, 0.3) is 0 Å². The average molecular weight is 429 g/mol. The van der Waals surface area contributed by atoms with Crippen LogP contribution >= 0.6 is 0 Å². The van der Waals surface area contributed by atoms with Crippen molar-refractivity contribution >= 4 is 11.8 Å². The Balaban J connectivity index is 1.60. The number of hydrogen-bond acceptors (Lipinski definition) is 5. The number of aromatic hydroxyl groups is 1. The van der Waals surface area contributed by atoms with E-state index in [9.17, 15) is 19.1 Å². The van der Waals surface area contributed by atoms with Gasteiger partial charge in [-0.3, -0.25) is 19.5 Å². The quantitative estimate of drug-likeness (QED) is 0.680. The number of pyridine rings is 1. The van der Waals surface area contributed by atoms with E-state index in [2.05, 4.69) is 15.6 Å². The molecule has 1 aliphatic rings. The number of aromatic nitrogens is 1. The summed E-state index contributed by atoms with van der Waals surface area (Å²) in [5, 5.41) is 15.8. The summed E-state index contributed by atoms with van der Waals surface area (Å²) < 4.78 is 13.7. The highest BCUT2D eigenvalue weighted by Gasteiger charge is 2.21. The summed E-state index contributed by atoms with van der Waals surface area (Å²) in [5.41, 5.74) is 1.47. The second-order valence-corrected chi connectivity index (χ2v) is 7.82. The molecule has 0 spiro atoms. The fraction of sp³-hybridized carbons (Fsp3) is 0.435. The van der Waals surface area contributed by atoms with Gasteiger partial charge < -0.3 is 15.7 Å². The van der Waals surface area contributed by atoms with E-state index in [1.54, 1.807) is 24.5 Å². The minimum absolute atomic E-state index is 0.0281. The Labute approximate surface area is 181 Å². The largest absolute Gasteiger partial charge is 0.505 e. The van der Waals surface area contributed by atoms with E-state index >= 15 is 0 Å². The third-order valence-corrected chi connectivity index (χ3v) is 5.55. The summed E-state index contributed by atoms with van der Waals surface area (Å²) in [4.78, 5) is 30.9. The van der Waals surface area contributed by atoms with Gasteiger partial charge in [0, 0.05) is 56.5 Å². The molecule has 3 rings (SSSR count). The molecular formula is C23H29FN4O3. The molecule has 0 bridgehead atoms. The van der Waals surface area contributed by atoms with Gasteiger partial charge in [0.05, 0.1) is 0 Å². The third kappa shape index (κ3) is 7.03. The summed E-state index contributed by atoms with van der Waals surface area (Å²) in [6.45, 7) is 2.39. The maximum Gasteiger partial charge on any atom is 0.223 e. The molecule has 1 aromatic heterocycles. The van der Waals surface area contributed by atoms with Crippen LogP contribution in [-0.4, -0.2) is 46.4 Å². The third-order valence-electron chi connectivity index (χ3n) is 5.55. The number of carbonyl (C=O) groups excluding carboxylic acids is 2. The maximum absolute atomic E-state index is 13.7. The smallest absolute Gasteiger partial charge is 0.223 e. The molecule has 0 aliphatic carbocycles. The Bertz CT molecular complexity index is 878. The Kier molecular flexibility index (Phi) is 8.35. The van der Waals surface area contributed by atoms with Gasteiger partial charge in [-0.25, -0.2) is 4.39 Å². The highest BCUT2D eigenvalue weighted by atomic mass is 19.1. The number of nitrogens with zero attached hydrogens (tertiary/aromatic N) is 2. The molecule has 1 saturated heterocycles. The maximum atomic E-state index is 13.7. The molecule has 3 N–H and O–H groups in total. The standard InChI is InChI=1S/C23H29FN4O3/c24-20-5-1-3-19(22(20)30)16-28-13-2-4-18(8-12-26-21(29)9-14-28)23(31)27-15-17-6-10-25-11-7-17/h1,3,5-7,10-11,18,30H,2,4,8-9,12-16H2,(H,26,29)(H,27,31). The molecule has 166 valence electrons. The number of halogens is 1. The van der Waals surface area contributed by atoms with E-state index in [0.717, 1.165) is 12.0 Å². The molecule has 7 nitrogen and oxygen atoms in total. The van der Waals surface area contributed by atoms with E-state index in [0.29, 0.717) is 57.5 Å². The predicted octanol–water partition coefficient (Wildman–Crippen LogP) is 2.35. The molecule has 1 fully saturated rings. The SMILES string of the molecule is O=C1CCN(Cc2cccc(F)c2O)CCCC(C(=O)NCc2ccncc2)CCN1. The van der Waals surface area contributed by atoms with Crippen molar-refractivity contribution in [1.82, 2.24) is 20.5 Å². The Morgan fingerprint density at radius 1 is 1.23 bits per heavy atom. The van der Waals surface area contributed by atoms with Crippen LogP contribution in [0.1, 0.15) is 36.8 Å². The van der Waals surface area contributed by atoms with Gasteiger partial charge >= 0.3 is 0 Å². The van der Waals surface area contributed by atoms with Gasteiger partial charge in [-0.1, -0.05) is 12.1 Å². The first-order valence-electron chi connectivity index (χ1n) is 10.6. The summed E-state index contributed by atoms with van der Waals surface area (Å²) in [7, 11) is 0. The second kappa shape index (κ2) is 11.4. The molecule has 1 atom stereocenters. The molecule has 2 aromatic rings. The van der Waals surface area contributed by atoms with Crippen molar-refractivity contribution in [3.63, 3.8) is 0 Å². The Morgan fingerprint density at radius 3 is 2.84 bits per heavy atom. The van der Waals surface area contributed by atoms with Crippen molar-refractivity contribution in [2.75, 3.05) is 19.6 Å². The van der Waals surface area contributed by atoms with E-state index < -0.39 is 5.82 Å². The van der Waals surface area contributed by atoms with Gasteiger partial charge in [0.1, 0.15) is 0 Å². The van der Waals surface area contributed by atoms with Gasteiger partial charge in [-0.05, 0) is 49.6 Å². The number of rotatable bonds is 5. The first-order valence-corrected chi connectivity index (χ1v) is 10.6. The van der Waals surface area contributed by atoms with Crippen molar-refractivity contribution in [3.05, 3.63) is 59.7 Å². The lowest BCUT2D eigenvalue weighted by atomic mass is 9.98. The number of nitrogens with one attached hydrogen (secondary N) is 2. The first-order chi connectivity index (χ1) is 15.0. The Hall–Kier alpha value is -3.00. The fourth-order valence-electron chi connectivity index (χ4n) is 3.73. The van der Waals surface area contributed by atoms with Crippen LogP contribution in [-0.2, 0) is 22.7 Å². The molecule has 0 saturated carbocycles.